The van der Waals surface area contributed by atoms with Crippen molar-refractivity contribution < 1.29 is 23.9 Å². The van der Waals surface area contributed by atoms with Crippen molar-refractivity contribution in [2.24, 2.45) is 12.8 Å². The van der Waals surface area contributed by atoms with Crippen molar-refractivity contribution in [2.45, 2.75) is 52.5 Å². The zero-order valence-electron chi connectivity index (χ0n) is 21.0. The van der Waals surface area contributed by atoms with Crippen molar-refractivity contribution in [3.63, 3.8) is 0 Å². The SMILES string of the molecule is Cc1ccc(OCc2nnc(SCC(=O)Nc3sc(C(N)=O)c(C)c3C(=O)OC(C)C)n2C)cc1C. The molecule has 0 aliphatic carbocycles. The standard InChI is InChI=1S/C24H29N5O5S2/c1-12(2)34-23(32)19-15(5)20(21(25)31)36-22(19)26-18(30)11-35-24-28-27-17(29(24)6)10-33-16-8-7-13(3)14(4)9-16/h7-9,12H,10-11H2,1-6H3,(H2,25,31)(H,26,30). The number of nitrogens with two attached hydrogens (primary N) is 1. The maximum atomic E-state index is 12.7. The number of nitrogens with zero attached hydrogens (tertiary/aromatic N) is 3. The Morgan fingerprint density at radius 2 is 1.89 bits per heavy atom. The maximum Gasteiger partial charge on any atom is 0.341 e. The molecule has 2 amide bonds. The van der Waals surface area contributed by atoms with Gasteiger partial charge in [0.1, 0.15) is 17.4 Å². The summed E-state index contributed by atoms with van der Waals surface area (Å²) in [5.74, 6) is -0.341. The van der Waals surface area contributed by atoms with Gasteiger partial charge in [0.2, 0.25) is 5.91 Å². The van der Waals surface area contributed by atoms with Gasteiger partial charge in [-0.25, -0.2) is 4.79 Å². The Balaban J connectivity index is 1.65. The first kappa shape index (κ1) is 27.2. The molecule has 0 fully saturated rings. The van der Waals surface area contributed by atoms with Crippen LogP contribution in [0.1, 0.15) is 56.4 Å². The fourth-order valence-corrected chi connectivity index (χ4v) is 4.99. The Bertz CT molecular complexity index is 1300. The zero-order chi connectivity index (χ0) is 26.6. The topological polar surface area (TPSA) is 138 Å². The molecule has 2 heterocycles. The molecule has 192 valence electrons. The van der Waals surface area contributed by atoms with Crippen molar-refractivity contribution in [3.8, 4) is 5.75 Å². The van der Waals surface area contributed by atoms with E-state index in [1.807, 2.05) is 32.0 Å². The van der Waals surface area contributed by atoms with Gasteiger partial charge in [0.15, 0.2) is 11.0 Å². The number of hydrogen-bond acceptors (Lipinski definition) is 9. The molecule has 10 nitrogen and oxygen atoms in total. The Morgan fingerprint density at radius 1 is 1.17 bits per heavy atom. The lowest BCUT2D eigenvalue weighted by Gasteiger charge is -2.10. The van der Waals surface area contributed by atoms with Gasteiger partial charge in [0, 0.05) is 7.05 Å². The molecule has 0 unspecified atom stereocenters. The van der Waals surface area contributed by atoms with Gasteiger partial charge in [-0.1, -0.05) is 17.8 Å². The number of esters is 1. The van der Waals surface area contributed by atoms with Crippen LogP contribution < -0.4 is 15.8 Å². The molecule has 3 N–H and O–H groups in total. The van der Waals surface area contributed by atoms with Crippen LogP contribution in [0.2, 0.25) is 0 Å². The predicted molar refractivity (Wildman–Crippen MR) is 139 cm³/mol. The normalized spacial score (nSPS) is 11.0. The molecule has 0 saturated heterocycles. The molecule has 12 heteroatoms. The molecule has 36 heavy (non-hydrogen) atoms. The van der Waals surface area contributed by atoms with Gasteiger partial charge in [0.05, 0.1) is 22.3 Å². The third-order valence-electron chi connectivity index (χ3n) is 5.27. The van der Waals surface area contributed by atoms with E-state index in [0.29, 0.717) is 16.5 Å². The highest BCUT2D eigenvalue weighted by Gasteiger charge is 2.26. The van der Waals surface area contributed by atoms with Gasteiger partial charge in [-0.15, -0.1) is 21.5 Å². The van der Waals surface area contributed by atoms with Crippen LogP contribution in [0.15, 0.2) is 23.4 Å². The molecule has 3 aromatic rings. The second kappa shape index (κ2) is 11.6. The summed E-state index contributed by atoms with van der Waals surface area (Å²) in [5, 5.41) is 11.8. The minimum Gasteiger partial charge on any atom is -0.486 e. The summed E-state index contributed by atoms with van der Waals surface area (Å²) in [6.07, 6.45) is -0.364. The predicted octanol–water partition coefficient (Wildman–Crippen LogP) is 3.78. The Kier molecular flexibility index (Phi) is 8.75. The summed E-state index contributed by atoms with van der Waals surface area (Å²) in [5.41, 5.74) is 8.26. The highest BCUT2D eigenvalue weighted by molar-refractivity contribution is 7.99. The number of thiophene rings is 1. The number of benzene rings is 1. The average molecular weight is 532 g/mol. The van der Waals surface area contributed by atoms with Gasteiger partial charge in [-0.05, 0) is 63.4 Å². The molecule has 2 aromatic heterocycles. The van der Waals surface area contributed by atoms with E-state index >= 15 is 0 Å². The van der Waals surface area contributed by atoms with Crippen molar-refractivity contribution in [1.29, 1.82) is 0 Å². The number of hydrogen-bond donors (Lipinski definition) is 2. The quantitative estimate of drug-likeness (QED) is 0.298. The average Bonchev–Trinajstić information content (AvgIpc) is 3.31. The van der Waals surface area contributed by atoms with Gasteiger partial charge < -0.3 is 25.1 Å². The van der Waals surface area contributed by atoms with Crippen molar-refractivity contribution in [2.75, 3.05) is 11.1 Å². The first-order valence-corrected chi connectivity index (χ1v) is 12.9. The van der Waals surface area contributed by atoms with E-state index < -0.39 is 11.9 Å². The number of rotatable bonds is 10. The van der Waals surface area contributed by atoms with Crippen LogP contribution in [0.3, 0.4) is 0 Å². The van der Waals surface area contributed by atoms with Gasteiger partial charge >= 0.3 is 5.97 Å². The Labute approximate surface area is 217 Å². The third-order valence-corrected chi connectivity index (χ3v) is 7.52. The smallest absolute Gasteiger partial charge is 0.341 e. The van der Waals surface area contributed by atoms with E-state index in [4.69, 9.17) is 15.2 Å². The van der Waals surface area contributed by atoms with Crippen LogP contribution >= 0.6 is 23.1 Å². The maximum absolute atomic E-state index is 12.7. The number of primary amides is 1. The molecular weight excluding hydrogens is 502 g/mol. The van der Waals surface area contributed by atoms with Crippen LogP contribution in [0, 0.1) is 20.8 Å². The molecule has 3 rings (SSSR count). The highest BCUT2D eigenvalue weighted by atomic mass is 32.2. The summed E-state index contributed by atoms with van der Waals surface area (Å²) in [7, 11) is 1.79. The minimum absolute atomic E-state index is 0.00546. The number of aromatic nitrogens is 3. The van der Waals surface area contributed by atoms with Gasteiger partial charge in [-0.3, -0.25) is 9.59 Å². The molecular formula is C24H29N5O5S2. The molecule has 1 aromatic carbocycles. The van der Waals surface area contributed by atoms with Crippen molar-refractivity contribution in [1.82, 2.24) is 14.8 Å². The second-order valence-corrected chi connectivity index (χ2v) is 10.4. The van der Waals surface area contributed by atoms with E-state index in [-0.39, 0.29) is 39.8 Å². The summed E-state index contributed by atoms with van der Waals surface area (Å²) in [6, 6.07) is 5.86. The number of carbonyl (C=O) groups is 3. The van der Waals surface area contributed by atoms with Crippen molar-refractivity contribution >= 4 is 45.9 Å². The molecule has 0 aliphatic rings. The van der Waals surface area contributed by atoms with E-state index in [1.54, 1.807) is 32.4 Å². The Morgan fingerprint density at radius 3 is 2.53 bits per heavy atom. The highest BCUT2D eigenvalue weighted by Crippen LogP contribution is 2.34. The Hall–Kier alpha value is -3.38. The number of aryl methyl sites for hydroxylation is 2. The van der Waals surface area contributed by atoms with E-state index in [9.17, 15) is 14.4 Å². The van der Waals surface area contributed by atoms with Crippen molar-refractivity contribution in [3.05, 3.63) is 51.2 Å². The first-order chi connectivity index (χ1) is 17.0. The van der Waals surface area contributed by atoms with Crippen LogP contribution in [0.4, 0.5) is 5.00 Å². The van der Waals surface area contributed by atoms with Gasteiger partial charge in [0.25, 0.3) is 5.91 Å². The van der Waals surface area contributed by atoms with E-state index in [0.717, 1.165) is 22.6 Å². The number of thioether (sulfide) groups is 1. The summed E-state index contributed by atoms with van der Waals surface area (Å²) >= 11 is 2.13. The molecule has 0 saturated carbocycles. The van der Waals surface area contributed by atoms with Crippen LogP contribution in [0.25, 0.3) is 0 Å². The van der Waals surface area contributed by atoms with E-state index in [2.05, 4.69) is 15.5 Å². The summed E-state index contributed by atoms with van der Waals surface area (Å²) in [4.78, 5) is 37.2. The zero-order valence-corrected chi connectivity index (χ0v) is 22.6. The second-order valence-electron chi connectivity index (χ2n) is 8.41. The van der Waals surface area contributed by atoms with Crippen LogP contribution in [0.5, 0.6) is 5.75 Å². The number of anilines is 1. The fourth-order valence-electron chi connectivity index (χ4n) is 3.20. The summed E-state index contributed by atoms with van der Waals surface area (Å²) in [6.45, 7) is 9.31. The minimum atomic E-state index is -0.680. The largest absolute Gasteiger partial charge is 0.486 e. The number of carbonyl (C=O) groups excluding carboxylic acids is 3. The summed E-state index contributed by atoms with van der Waals surface area (Å²) < 4.78 is 12.9. The van der Waals surface area contributed by atoms with E-state index in [1.165, 1.54) is 17.3 Å². The lowest BCUT2D eigenvalue weighted by molar-refractivity contribution is -0.113. The first-order valence-electron chi connectivity index (χ1n) is 11.1. The molecule has 0 bridgehead atoms. The molecule has 0 atom stereocenters. The number of ether oxygens (including phenoxy) is 2. The number of amides is 2. The molecule has 0 radical (unpaired) electrons. The third kappa shape index (κ3) is 6.43. The number of nitrogens with one attached hydrogen (secondary N) is 1. The lowest BCUT2D eigenvalue weighted by atomic mass is 10.1. The lowest BCUT2D eigenvalue weighted by Crippen LogP contribution is -2.18. The fraction of sp³-hybridized carbons (Fsp3) is 0.375. The monoisotopic (exact) mass is 531 g/mol. The molecule has 0 spiro atoms. The van der Waals surface area contributed by atoms with Crippen LogP contribution in [-0.4, -0.2) is 44.4 Å². The van der Waals surface area contributed by atoms with Crippen LogP contribution in [-0.2, 0) is 23.2 Å². The van der Waals surface area contributed by atoms with Gasteiger partial charge in [-0.2, -0.15) is 0 Å². The molecule has 0 aliphatic heterocycles.